The maximum absolute atomic E-state index is 15.0. The van der Waals surface area contributed by atoms with Gasteiger partial charge in [-0.1, -0.05) is 83.5 Å². The zero-order valence-electron chi connectivity index (χ0n) is 39.9. The number of alkyl carbamates (subject to hydrolysis) is 1. The molecule has 5 rings (SSSR count). The zero-order valence-corrected chi connectivity index (χ0v) is 39.9. The summed E-state index contributed by atoms with van der Waals surface area (Å²) in [7, 11) is 0. The normalized spacial score (nSPS) is 13.2. The van der Waals surface area contributed by atoms with Crippen LogP contribution in [0.5, 0.6) is 0 Å². The number of benzene rings is 3. The van der Waals surface area contributed by atoms with E-state index < -0.39 is 53.1 Å². The average molecular weight is 970 g/mol. The summed E-state index contributed by atoms with van der Waals surface area (Å²) in [6, 6.07) is 16.4. The van der Waals surface area contributed by atoms with Gasteiger partial charge in [-0.15, -0.1) is 0 Å². The number of rotatable bonds is 23. The van der Waals surface area contributed by atoms with Crippen molar-refractivity contribution < 1.29 is 52.3 Å². The van der Waals surface area contributed by atoms with Crippen LogP contribution in [0.2, 0.25) is 0 Å². The molecule has 8 amide bonds. The van der Waals surface area contributed by atoms with Gasteiger partial charge in [0.1, 0.15) is 30.1 Å². The molecule has 3 aromatic carbocycles. The lowest BCUT2D eigenvalue weighted by Crippen LogP contribution is -2.51. The van der Waals surface area contributed by atoms with Crippen molar-refractivity contribution in [2.24, 2.45) is 11.3 Å². The summed E-state index contributed by atoms with van der Waals surface area (Å²) < 4.78 is 36.5. The molecular weight excluding hydrogens is 909 g/mol. The molecule has 1 unspecified atom stereocenters. The number of ether oxygens (including phenoxy) is 1. The number of hydrogen-bond donors (Lipinski definition) is 6. The lowest BCUT2D eigenvalue weighted by molar-refractivity contribution is -0.137. The summed E-state index contributed by atoms with van der Waals surface area (Å²) in [5, 5.41) is 20.5. The second kappa shape index (κ2) is 25.2. The Morgan fingerprint density at radius 2 is 1.54 bits per heavy atom. The number of hydrogen-bond acceptors (Lipinski definition) is 10. The smallest absolute Gasteiger partial charge is 0.407 e. The van der Waals surface area contributed by atoms with E-state index in [1.54, 1.807) is 54.4 Å². The van der Waals surface area contributed by atoms with Gasteiger partial charge in [0.2, 0.25) is 17.7 Å². The molecule has 1 aromatic heterocycles. The lowest BCUT2D eigenvalue weighted by Gasteiger charge is -2.39. The van der Waals surface area contributed by atoms with E-state index in [2.05, 4.69) is 21.3 Å². The Hall–Kier alpha value is -7.48. The highest BCUT2D eigenvalue weighted by atomic mass is 19.1. The summed E-state index contributed by atoms with van der Waals surface area (Å²) in [6.45, 7) is 9.35. The van der Waals surface area contributed by atoms with Gasteiger partial charge in [-0.3, -0.25) is 34.1 Å². The fourth-order valence-corrected chi connectivity index (χ4v) is 7.76. The topological polar surface area (TPSA) is 233 Å². The second-order valence-electron chi connectivity index (χ2n) is 18.2. The predicted octanol–water partition coefficient (Wildman–Crippen LogP) is 6.36. The zero-order chi connectivity index (χ0) is 51.0. The van der Waals surface area contributed by atoms with Gasteiger partial charge in [0.05, 0.1) is 18.3 Å². The van der Waals surface area contributed by atoms with Crippen molar-refractivity contribution in [1.82, 2.24) is 40.8 Å². The number of urea groups is 1. The van der Waals surface area contributed by atoms with Gasteiger partial charge >= 0.3 is 12.1 Å². The number of carbonyl (C=O) groups is 7. The number of halogens is 2. The molecule has 0 saturated carbocycles. The number of imide groups is 1. The summed E-state index contributed by atoms with van der Waals surface area (Å²) >= 11 is 0. The molecule has 6 N–H and O–H groups in total. The monoisotopic (exact) mass is 969 g/mol. The van der Waals surface area contributed by atoms with Crippen LogP contribution in [0, 0.1) is 23.0 Å². The van der Waals surface area contributed by atoms with Crippen molar-refractivity contribution in [3.8, 4) is 11.3 Å². The van der Waals surface area contributed by atoms with E-state index in [0.717, 1.165) is 28.7 Å². The number of unbranched alkanes of at least 4 members (excludes halogenated alkanes) is 2. The molecule has 1 aliphatic rings. The van der Waals surface area contributed by atoms with Crippen molar-refractivity contribution in [3.63, 3.8) is 0 Å². The van der Waals surface area contributed by atoms with Crippen LogP contribution in [-0.2, 0) is 41.9 Å². The third kappa shape index (κ3) is 15.5. The van der Waals surface area contributed by atoms with Gasteiger partial charge in [0.15, 0.2) is 0 Å². The van der Waals surface area contributed by atoms with Gasteiger partial charge in [-0.25, -0.2) is 28.8 Å². The number of aromatic nitrogens is 2. The minimum Gasteiger partial charge on any atom is -0.445 e. The Kier molecular flexibility index (Phi) is 19.3. The van der Waals surface area contributed by atoms with Crippen LogP contribution >= 0.6 is 0 Å². The van der Waals surface area contributed by atoms with Crippen LogP contribution in [-0.4, -0.2) is 98.4 Å². The number of imidazole rings is 1. The first-order valence-corrected chi connectivity index (χ1v) is 23.0. The van der Waals surface area contributed by atoms with E-state index >= 15 is 4.39 Å². The van der Waals surface area contributed by atoms with E-state index in [1.807, 2.05) is 51.1 Å². The summed E-state index contributed by atoms with van der Waals surface area (Å²) in [6.07, 6.45) is 5.32. The average Bonchev–Trinajstić information content (AvgIpc) is 3.88. The molecule has 0 radical (unpaired) electrons. The maximum Gasteiger partial charge on any atom is 0.407 e. The van der Waals surface area contributed by atoms with Gasteiger partial charge in [0.25, 0.3) is 11.8 Å². The van der Waals surface area contributed by atoms with Crippen LogP contribution in [0.25, 0.3) is 11.3 Å². The van der Waals surface area contributed by atoms with Crippen molar-refractivity contribution in [2.75, 3.05) is 31.5 Å². The van der Waals surface area contributed by atoms with E-state index in [9.17, 15) is 43.2 Å². The SMILES string of the molecule is CC(C)C(NC(=O)CCCCCN1C(=O)C=CC1=O)C(=O)NCC(=O)Nc1ccc(COC(=O)NCCCN(C(=O)NO)[C@@H](c2nc(-c3cc(F)ccc3F)cn2Cc2ccccc2)C(C)(C)C)cc1. The predicted molar refractivity (Wildman–Crippen MR) is 254 cm³/mol. The van der Waals surface area contributed by atoms with Gasteiger partial charge < -0.3 is 35.5 Å². The highest BCUT2D eigenvalue weighted by molar-refractivity contribution is 6.12. The third-order valence-corrected chi connectivity index (χ3v) is 11.3. The van der Waals surface area contributed by atoms with Gasteiger partial charge in [0, 0.05) is 62.2 Å². The first-order chi connectivity index (χ1) is 33.3. The minimum absolute atomic E-state index is 0.0261. The fourth-order valence-electron chi connectivity index (χ4n) is 7.76. The number of nitrogens with one attached hydrogen (secondary N) is 5. The Morgan fingerprint density at radius 3 is 2.20 bits per heavy atom. The van der Waals surface area contributed by atoms with Gasteiger partial charge in [-0.05, 0) is 72.1 Å². The Balaban J connectivity index is 1.08. The fraction of sp³-hybridized carbons (Fsp3) is 0.400. The van der Waals surface area contributed by atoms with Crippen molar-refractivity contribution in [1.29, 1.82) is 0 Å². The molecule has 0 saturated heterocycles. The molecule has 18 nitrogen and oxygen atoms in total. The first kappa shape index (κ1) is 53.5. The van der Waals surface area contributed by atoms with Crippen LogP contribution in [0.3, 0.4) is 0 Å². The summed E-state index contributed by atoms with van der Waals surface area (Å²) in [4.78, 5) is 95.0. The second-order valence-corrected chi connectivity index (χ2v) is 18.2. The summed E-state index contributed by atoms with van der Waals surface area (Å²) in [5.41, 5.74) is 3.01. The minimum atomic E-state index is -0.879. The number of hydroxylamine groups is 1. The number of anilines is 1. The maximum atomic E-state index is 15.0. The van der Waals surface area contributed by atoms with Crippen molar-refractivity contribution >= 4 is 47.3 Å². The first-order valence-electron chi connectivity index (χ1n) is 23.0. The van der Waals surface area contributed by atoms with E-state index in [0.29, 0.717) is 36.3 Å². The molecule has 2 heterocycles. The quantitative estimate of drug-likeness (QED) is 0.0208. The van der Waals surface area contributed by atoms with Crippen LogP contribution in [0.4, 0.5) is 24.1 Å². The van der Waals surface area contributed by atoms with E-state index in [-0.39, 0.29) is 87.1 Å². The van der Waals surface area contributed by atoms with E-state index in [4.69, 9.17) is 9.72 Å². The molecule has 0 spiro atoms. The lowest BCUT2D eigenvalue weighted by atomic mass is 9.84. The molecule has 20 heteroatoms. The van der Waals surface area contributed by atoms with Crippen LogP contribution in [0.15, 0.2) is 91.1 Å². The third-order valence-electron chi connectivity index (χ3n) is 11.3. The van der Waals surface area contributed by atoms with Crippen LogP contribution in [0.1, 0.15) is 89.7 Å². The highest BCUT2D eigenvalue weighted by Crippen LogP contribution is 2.39. The Morgan fingerprint density at radius 1 is 0.843 bits per heavy atom. The highest BCUT2D eigenvalue weighted by Gasteiger charge is 2.38. The summed E-state index contributed by atoms with van der Waals surface area (Å²) in [5.74, 6) is -3.31. The Bertz CT molecular complexity index is 2490. The molecule has 2 atom stereocenters. The molecular formula is C50H61F2N9O9. The molecule has 4 aromatic rings. The molecule has 0 aliphatic carbocycles. The Labute approximate surface area is 405 Å². The number of carbonyl (C=O) groups excluding carboxylic acids is 7. The molecule has 0 bridgehead atoms. The standard InChI is InChI=1S/C50H61F2N9O9/c1-32(2)44(57-40(62)15-10-7-11-25-60-42(64)22-23-43(60)65)47(66)54-28-41(63)55-36-19-16-34(17-20-36)31-70-49(68)53-24-12-26-61(48(67)58-69)45(50(3,4)5)46-56-39(37-27-35(51)18-21-38(37)52)30-59(46)29-33-13-8-6-9-14-33/h6,8-9,13-14,16-23,27,30,32,44-45,69H,7,10-12,15,24-26,28-29,31H2,1-5H3,(H,53,68)(H,54,66)(H,55,63)(H,57,62)(H,58,67)/t44?,45-/m0/s1. The molecule has 374 valence electrons. The largest absolute Gasteiger partial charge is 0.445 e. The van der Waals surface area contributed by atoms with Crippen molar-refractivity contribution in [2.45, 2.75) is 92.0 Å². The molecule has 70 heavy (non-hydrogen) atoms. The molecule has 1 aliphatic heterocycles. The van der Waals surface area contributed by atoms with Crippen LogP contribution < -0.4 is 26.7 Å². The number of amides is 8. The van der Waals surface area contributed by atoms with Gasteiger partial charge in [-0.2, -0.15) is 0 Å². The number of nitrogens with zero attached hydrogens (tertiary/aromatic N) is 4. The van der Waals surface area contributed by atoms with E-state index in [1.165, 1.54) is 17.1 Å². The molecule has 0 fully saturated rings. The van der Waals surface area contributed by atoms with Crippen molar-refractivity contribution in [3.05, 3.63) is 120 Å².